The van der Waals surface area contributed by atoms with Crippen LogP contribution in [0.5, 0.6) is 0 Å². The number of hydrogen-bond donors (Lipinski definition) is 1. The maximum Gasteiger partial charge on any atom is 0.241 e. The van der Waals surface area contributed by atoms with Crippen LogP contribution in [0.25, 0.3) is 22.2 Å². The number of carbonyl (C=O) groups excluding carboxylic acids is 1. The maximum absolute atomic E-state index is 13.0. The predicted molar refractivity (Wildman–Crippen MR) is 138 cm³/mol. The molecule has 35 heavy (non-hydrogen) atoms. The van der Waals surface area contributed by atoms with Crippen molar-refractivity contribution < 1.29 is 9.32 Å². The minimum atomic E-state index is -0.00924. The predicted octanol–water partition coefficient (Wildman–Crippen LogP) is 5.10. The van der Waals surface area contributed by atoms with Gasteiger partial charge in [0.15, 0.2) is 0 Å². The summed E-state index contributed by atoms with van der Waals surface area (Å²) in [6, 6.07) is 24.8. The number of likely N-dealkylation sites (tertiary alicyclic amines) is 1. The first-order valence-electron chi connectivity index (χ1n) is 12.5. The molecule has 2 unspecified atom stereocenters. The van der Waals surface area contributed by atoms with E-state index in [0.717, 1.165) is 31.4 Å². The average molecular weight is 469 g/mol. The third-order valence-electron chi connectivity index (χ3n) is 6.81. The van der Waals surface area contributed by atoms with Crippen LogP contribution >= 0.6 is 0 Å². The van der Waals surface area contributed by atoms with E-state index in [1.54, 1.807) is 0 Å². The molecule has 2 atom stereocenters. The van der Waals surface area contributed by atoms with Gasteiger partial charge >= 0.3 is 0 Å². The minimum Gasteiger partial charge on any atom is -0.356 e. The number of aromatic nitrogens is 2. The second-order valence-electron chi connectivity index (χ2n) is 9.64. The molecule has 1 N–H and O–H groups in total. The van der Waals surface area contributed by atoms with E-state index in [1.807, 2.05) is 30.3 Å². The standard InChI is InChI=1S/C29H32N4O2/c1-21(17-24-13-7-12-22-9-5-6-15-26(22)24)18-30-29(34)25-14-8-16-33(19-25)20-27-31-28(32-35-27)23-10-3-2-4-11-23/h2-7,9-13,15,21,25H,8,14,16-20H2,1H3,(H,30,34). The number of carbonyl (C=O) groups is 1. The van der Waals surface area contributed by atoms with Gasteiger partial charge in [-0.2, -0.15) is 4.98 Å². The van der Waals surface area contributed by atoms with Gasteiger partial charge in [-0.05, 0) is 48.1 Å². The molecular weight excluding hydrogens is 436 g/mol. The van der Waals surface area contributed by atoms with Crippen LogP contribution in [0.2, 0.25) is 0 Å². The largest absolute Gasteiger partial charge is 0.356 e. The van der Waals surface area contributed by atoms with Gasteiger partial charge in [-0.1, -0.05) is 84.9 Å². The summed E-state index contributed by atoms with van der Waals surface area (Å²) in [5.74, 6) is 1.69. The summed E-state index contributed by atoms with van der Waals surface area (Å²) in [5.41, 5.74) is 2.28. The Balaban J connectivity index is 1.12. The van der Waals surface area contributed by atoms with Gasteiger partial charge in [-0.3, -0.25) is 9.69 Å². The molecule has 0 radical (unpaired) electrons. The average Bonchev–Trinajstić information content (AvgIpc) is 3.37. The lowest BCUT2D eigenvalue weighted by Gasteiger charge is -2.31. The van der Waals surface area contributed by atoms with Gasteiger partial charge in [0.2, 0.25) is 17.6 Å². The van der Waals surface area contributed by atoms with Gasteiger partial charge in [0.25, 0.3) is 0 Å². The first-order valence-corrected chi connectivity index (χ1v) is 12.5. The molecule has 5 rings (SSSR count). The number of amides is 1. The SMILES string of the molecule is CC(CNC(=O)C1CCCN(Cc2nc(-c3ccccc3)no2)C1)Cc1cccc2ccccc12. The van der Waals surface area contributed by atoms with Crippen LogP contribution in [0.1, 0.15) is 31.2 Å². The molecule has 1 amide bonds. The number of benzene rings is 3. The Labute approximate surface area is 206 Å². The fourth-order valence-electron chi connectivity index (χ4n) is 4.97. The van der Waals surface area contributed by atoms with Gasteiger partial charge in [0.1, 0.15) is 0 Å². The second kappa shape index (κ2) is 10.8. The van der Waals surface area contributed by atoms with Crippen molar-refractivity contribution in [2.45, 2.75) is 32.7 Å². The van der Waals surface area contributed by atoms with Crippen molar-refractivity contribution in [3.05, 3.63) is 84.3 Å². The Kier molecular flexibility index (Phi) is 7.19. The molecule has 6 heteroatoms. The Morgan fingerprint density at radius 2 is 1.89 bits per heavy atom. The van der Waals surface area contributed by atoms with Crippen LogP contribution in [-0.4, -0.2) is 40.6 Å². The smallest absolute Gasteiger partial charge is 0.241 e. The Bertz CT molecular complexity index is 1260. The molecule has 0 bridgehead atoms. The van der Waals surface area contributed by atoms with E-state index in [2.05, 4.69) is 69.7 Å². The highest BCUT2D eigenvalue weighted by Gasteiger charge is 2.27. The highest BCUT2D eigenvalue weighted by Crippen LogP contribution is 2.22. The van der Waals surface area contributed by atoms with Crippen molar-refractivity contribution in [3.8, 4) is 11.4 Å². The quantitative estimate of drug-likeness (QED) is 0.390. The zero-order chi connectivity index (χ0) is 24.0. The third-order valence-corrected chi connectivity index (χ3v) is 6.81. The van der Waals surface area contributed by atoms with Crippen LogP contribution < -0.4 is 5.32 Å². The minimum absolute atomic E-state index is 0.00924. The summed E-state index contributed by atoms with van der Waals surface area (Å²) in [7, 11) is 0. The van der Waals surface area contributed by atoms with Crippen molar-refractivity contribution in [1.29, 1.82) is 0 Å². The maximum atomic E-state index is 13.0. The highest BCUT2D eigenvalue weighted by atomic mass is 16.5. The molecule has 1 aliphatic rings. The zero-order valence-corrected chi connectivity index (χ0v) is 20.2. The van der Waals surface area contributed by atoms with E-state index in [4.69, 9.17) is 4.52 Å². The lowest BCUT2D eigenvalue weighted by atomic mass is 9.94. The van der Waals surface area contributed by atoms with Crippen LogP contribution in [0.3, 0.4) is 0 Å². The topological polar surface area (TPSA) is 71.3 Å². The number of rotatable bonds is 8. The normalized spacial score (nSPS) is 17.3. The van der Waals surface area contributed by atoms with Gasteiger partial charge in [-0.15, -0.1) is 0 Å². The molecule has 180 valence electrons. The van der Waals surface area contributed by atoms with Crippen LogP contribution in [-0.2, 0) is 17.8 Å². The van der Waals surface area contributed by atoms with E-state index < -0.39 is 0 Å². The van der Waals surface area contributed by atoms with Crippen LogP contribution in [0.4, 0.5) is 0 Å². The molecule has 0 aliphatic carbocycles. The monoisotopic (exact) mass is 468 g/mol. The van der Waals surface area contributed by atoms with Crippen LogP contribution in [0, 0.1) is 11.8 Å². The van der Waals surface area contributed by atoms with E-state index in [0.29, 0.717) is 37.3 Å². The number of piperidine rings is 1. The summed E-state index contributed by atoms with van der Waals surface area (Å²) < 4.78 is 5.48. The molecule has 0 spiro atoms. The fraction of sp³-hybridized carbons (Fsp3) is 0.345. The first-order chi connectivity index (χ1) is 17.2. The van der Waals surface area contributed by atoms with E-state index >= 15 is 0 Å². The molecular formula is C29H32N4O2. The molecule has 6 nitrogen and oxygen atoms in total. The highest BCUT2D eigenvalue weighted by molar-refractivity contribution is 5.85. The second-order valence-corrected chi connectivity index (χ2v) is 9.64. The van der Waals surface area contributed by atoms with Crippen LogP contribution in [0.15, 0.2) is 77.3 Å². The molecule has 1 aromatic heterocycles. The van der Waals surface area contributed by atoms with Gasteiger partial charge in [-0.25, -0.2) is 0 Å². The van der Waals surface area contributed by atoms with Gasteiger partial charge < -0.3 is 9.84 Å². The Morgan fingerprint density at radius 3 is 2.77 bits per heavy atom. The molecule has 2 heterocycles. The van der Waals surface area contributed by atoms with Crippen molar-refractivity contribution in [2.75, 3.05) is 19.6 Å². The number of hydrogen-bond acceptors (Lipinski definition) is 5. The lowest BCUT2D eigenvalue weighted by molar-refractivity contribution is -0.127. The van der Waals surface area contributed by atoms with E-state index in [9.17, 15) is 4.79 Å². The van der Waals surface area contributed by atoms with Crippen molar-refractivity contribution in [2.24, 2.45) is 11.8 Å². The van der Waals surface area contributed by atoms with Crippen molar-refractivity contribution in [1.82, 2.24) is 20.4 Å². The summed E-state index contributed by atoms with van der Waals surface area (Å²) >= 11 is 0. The summed E-state index contributed by atoms with van der Waals surface area (Å²) in [5, 5.41) is 9.89. The Hall–Kier alpha value is -3.51. The summed E-state index contributed by atoms with van der Waals surface area (Å²) in [6.07, 6.45) is 2.85. The van der Waals surface area contributed by atoms with Gasteiger partial charge in [0.05, 0.1) is 12.5 Å². The number of nitrogens with one attached hydrogen (secondary N) is 1. The molecule has 1 aliphatic heterocycles. The lowest BCUT2D eigenvalue weighted by Crippen LogP contribution is -2.43. The molecule has 1 saturated heterocycles. The van der Waals surface area contributed by atoms with E-state index in [-0.39, 0.29) is 11.8 Å². The number of fused-ring (bicyclic) bond motifs is 1. The molecule has 4 aromatic rings. The van der Waals surface area contributed by atoms with Gasteiger partial charge in [0, 0.05) is 18.7 Å². The third kappa shape index (κ3) is 5.77. The summed E-state index contributed by atoms with van der Waals surface area (Å²) in [6.45, 7) is 5.11. The molecule has 0 saturated carbocycles. The van der Waals surface area contributed by atoms with Crippen molar-refractivity contribution >= 4 is 16.7 Å². The number of nitrogens with zero attached hydrogens (tertiary/aromatic N) is 3. The fourth-order valence-corrected chi connectivity index (χ4v) is 4.97. The molecule has 1 fully saturated rings. The zero-order valence-electron chi connectivity index (χ0n) is 20.2. The van der Waals surface area contributed by atoms with Crippen molar-refractivity contribution in [3.63, 3.8) is 0 Å². The first kappa shape index (κ1) is 23.2. The Morgan fingerprint density at radius 1 is 1.09 bits per heavy atom. The molecule has 3 aromatic carbocycles. The van der Waals surface area contributed by atoms with E-state index in [1.165, 1.54) is 16.3 Å². The summed E-state index contributed by atoms with van der Waals surface area (Å²) in [4.78, 5) is 19.8.